The van der Waals surface area contributed by atoms with Gasteiger partial charge >= 0.3 is 0 Å². The van der Waals surface area contributed by atoms with Crippen LogP contribution in [0.2, 0.25) is 0 Å². The van der Waals surface area contributed by atoms with Crippen LogP contribution in [0.15, 0.2) is 59.7 Å². The Bertz CT molecular complexity index is 1200. The first-order chi connectivity index (χ1) is 16.0. The Morgan fingerprint density at radius 3 is 2.33 bits per heavy atom. The fraction of sp³-hybridized carbons (Fsp3) is 0.280. The number of hydrogen-bond acceptors (Lipinski definition) is 7. The van der Waals surface area contributed by atoms with Crippen LogP contribution >= 0.6 is 0 Å². The number of ketones is 1. The molecule has 0 aliphatic carbocycles. The molecule has 0 radical (unpaired) electrons. The van der Waals surface area contributed by atoms with Gasteiger partial charge in [-0.25, -0.2) is 4.90 Å². The molecule has 0 saturated carbocycles. The molecule has 3 aliphatic rings. The molecule has 5 rings (SSSR count). The van der Waals surface area contributed by atoms with Gasteiger partial charge in [0.2, 0.25) is 11.8 Å². The summed E-state index contributed by atoms with van der Waals surface area (Å²) in [5.74, 6) is -1.63. The molecule has 168 valence electrons. The van der Waals surface area contributed by atoms with Crippen LogP contribution in [0.25, 0.3) is 0 Å². The Labute approximate surface area is 191 Å². The van der Waals surface area contributed by atoms with Gasteiger partial charge in [-0.3, -0.25) is 19.4 Å². The number of fused-ring (bicyclic) bond motifs is 3. The van der Waals surface area contributed by atoms with Gasteiger partial charge in [0.1, 0.15) is 6.04 Å². The third-order valence-corrected chi connectivity index (χ3v) is 6.52. The standard InChI is InChI=1S/C25H23N3O5/c1-14-6-9-16(10-7-14)27-24(30)20-17-5-4-12-26-28(17)22(21(20)25(27)31)23(29)15-8-11-18(32-2)19(13-15)33-3/h4-13,17,20-22H,1-3H3/t17-,20-,21+,22-/m0/s1. The van der Waals surface area contributed by atoms with Crippen LogP contribution in [0.5, 0.6) is 11.5 Å². The van der Waals surface area contributed by atoms with Crippen LogP contribution in [0.3, 0.4) is 0 Å². The molecule has 2 fully saturated rings. The minimum Gasteiger partial charge on any atom is -0.493 e. The van der Waals surface area contributed by atoms with E-state index in [9.17, 15) is 14.4 Å². The van der Waals surface area contributed by atoms with Crippen molar-refractivity contribution in [2.45, 2.75) is 19.0 Å². The van der Waals surface area contributed by atoms with E-state index in [1.807, 2.05) is 25.1 Å². The molecule has 4 atom stereocenters. The lowest BCUT2D eigenvalue weighted by molar-refractivity contribution is -0.123. The van der Waals surface area contributed by atoms with E-state index in [-0.39, 0.29) is 17.6 Å². The molecule has 3 heterocycles. The van der Waals surface area contributed by atoms with Crippen LogP contribution in [-0.2, 0) is 9.59 Å². The van der Waals surface area contributed by atoms with Crippen LogP contribution in [0.1, 0.15) is 15.9 Å². The number of imide groups is 1. The van der Waals surface area contributed by atoms with Crippen LogP contribution in [0, 0.1) is 18.8 Å². The lowest BCUT2D eigenvalue weighted by atomic mass is 9.86. The first-order valence-electron chi connectivity index (χ1n) is 10.7. The number of rotatable bonds is 5. The Morgan fingerprint density at radius 2 is 1.64 bits per heavy atom. The first-order valence-corrected chi connectivity index (χ1v) is 10.7. The Morgan fingerprint density at radius 1 is 0.939 bits per heavy atom. The predicted molar refractivity (Wildman–Crippen MR) is 122 cm³/mol. The van der Waals surface area contributed by atoms with E-state index < -0.39 is 23.9 Å². The van der Waals surface area contributed by atoms with Gasteiger partial charge in [-0.05, 0) is 43.3 Å². The van der Waals surface area contributed by atoms with Crippen LogP contribution in [-0.4, -0.2) is 55.1 Å². The van der Waals surface area contributed by atoms with Crippen molar-refractivity contribution in [2.24, 2.45) is 16.9 Å². The van der Waals surface area contributed by atoms with Gasteiger partial charge in [0.25, 0.3) is 0 Å². The third kappa shape index (κ3) is 3.13. The van der Waals surface area contributed by atoms with Crippen molar-refractivity contribution < 1.29 is 23.9 Å². The van der Waals surface area contributed by atoms with Gasteiger partial charge < -0.3 is 9.47 Å². The van der Waals surface area contributed by atoms with Crippen molar-refractivity contribution in [3.05, 3.63) is 65.7 Å². The minimum absolute atomic E-state index is 0.298. The number of carbonyl (C=O) groups is 3. The van der Waals surface area contributed by atoms with E-state index in [2.05, 4.69) is 5.10 Å². The number of carbonyl (C=O) groups excluding carboxylic acids is 3. The number of Topliss-reactive ketones (excluding diaryl/α,β-unsaturated/α-hetero) is 1. The second-order valence-corrected chi connectivity index (χ2v) is 8.30. The van der Waals surface area contributed by atoms with E-state index in [1.165, 1.54) is 19.1 Å². The number of amides is 2. The number of methoxy groups -OCH3 is 2. The summed E-state index contributed by atoms with van der Waals surface area (Å²) < 4.78 is 10.6. The van der Waals surface area contributed by atoms with E-state index in [1.54, 1.807) is 47.6 Å². The van der Waals surface area contributed by atoms with Crippen LogP contribution < -0.4 is 14.4 Å². The SMILES string of the molecule is COc1ccc(C(=O)[C@@H]2[C@@H]3C(=O)N(c4ccc(C)cc4)C(=O)[C@H]3[C@@H]3C=CC=NN23)cc1OC. The van der Waals surface area contributed by atoms with E-state index in [0.29, 0.717) is 22.7 Å². The topological polar surface area (TPSA) is 88.5 Å². The number of hydrogen-bond donors (Lipinski definition) is 0. The number of hydrazone groups is 1. The summed E-state index contributed by atoms with van der Waals surface area (Å²) in [4.78, 5) is 42.0. The molecular weight excluding hydrogens is 422 g/mol. The second-order valence-electron chi connectivity index (χ2n) is 8.30. The van der Waals surface area contributed by atoms with E-state index in [0.717, 1.165) is 5.56 Å². The smallest absolute Gasteiger partial charge is 0.240 e. The molecule has 2 aromatic rings. The maximum absolute atomic E-state index is 13.7. The normalized spacial score (nSPS) is 25.3. The zero-order valence-corrected chi connectivity index (χ0v) is 18.5. The summed E-state index contributed by atoms with van der Waals surface area (Å²) in [6.07, 6.45) is 5.14. The Balaban J connectivity index is 1.56. The summed E-state index contributed by atoms with van der Waals surface area (Å²) in [5, 5.41) is 5.97. The van der Waals surface area contributed by atoms with Crippen LogP contribution in [0.4, 0.5) is 5.69 Å². The summed E-state index contributed by atoms with van der Waals surface area (Å²) >= 11 is 0. The number of allylic oxidation sites excluding steroid dienone is 1. The van der Waals surface area contributed by atoms with Crippen molar-refractivity contribution in [3.63, 3.8) is 0 Å². The van der Waals surface area contributed by atoms with Crippen molar-refractivity contribution >= 4 is 29.5 Å². The molecule has 0 spiro atoms. The molecule has 0 unspecified atom stereocenters. The van der Waals surface area contributed by atoms with Gasteiger partial charge in [-0.2, -0.15) is 5.10 Å². The Kier molecular flexibility index (Phi) is 5.00. The number of nitrogens with zero attached hydrogens (tertiary/aromatic N) is 3. The number of aryl methyl sites for hydroxylation is 1. The maximum Gasteiger partial charge on any atom is 0.240 e. The average molecular weight is 445 g/mol. The first kappa shape index (κ1) is 20.9. The number of benzene rings is 2. The zero-order valence-electron chi connectivity index (χ0n) is 18.5. The fourth-order valence-electron chi connectivity index (χ4n) is 4.95. The molecule has 8 heteroatoms. The Hall–Kier alpha value is -3.94. The van der Waals surface area contributed by atoms with Gasteiger partial charge in [-0.15, -0.1) is 0 Å². The highest BCUT2D eigenvalue weighted by molar-refractivity contribution is 6.24. The molecule has 2 saturated heterocycles. The highest BCUT2D eigenvalue weighted by Crippen LogP contribution is 2.46. The van der Waals surface area contributed by atoms with E-state index in [4.69, 9.17) is 9.47 Å². The average Bonchev–Trinajstić information content (AvgIpc) is 3.31. The molecule has 0 N–H and O–H groups in total. The molecule has 33 heavy (non-hydrogen) atoms. The molecule has 2 amide bonds. The molecular formula is C25H23N3O5. The van der Waals surface area contributed by atoms with Crippen molar-refractivity contribution in [2.75, 3.05) is 19.1 Å². The summed E-state index contributed by atoms with van der Waals surface area (Å²) in [5.41, 5.74) is 1.89. The molecule has 0 aromatic heterocycles. The van der Waals surface area contributed by atoms with Gasteiger partial charge in [-0.1, -0.05) is 23.8 Å². The van der Waals surface area contributed by atoms with Crippen molar-refractivity contribution in [1.29, 1.82) is 0 Å². The number of ether oxygens (including phenoxy) is 2. The second kappa shape index (κ2) is 7.88. The highest BCUT2D eigenvalue weighted by atomic mass is 16.5. The maximum atomic E-state index is 13.7. The molecule has 3 aliphatic heterocycles. The van der Waals surface area contributed by atoms with Gasteiger partial charge in [0, 0.05) is 11.8 Å². The summed E-state index contributed by atoms with van der Waals surface area (Å²) in [6, 6.07) is 10.7. The number of anilines is 1. The third-order valence-electron chi connectivity index (χ3n) is 6.52. The predicted octanol–water partition coefficient (Wildman–Crippen LogP) is 2.61. The highest BCUT2D eigenvalue weighted by Gasteiger charge is 2.64. The summed E-state index contributed by atoms with van der Waals surface area (Å²) in [6.45, 7) is 1.94. The zero-order chi connectivity index (χ0) is 23.3. The molecule has 2 aromatic carbocycles. The lowest BCUT2D eigenvalue weighted by Gasteiger charge is -2.30. The van der Waals surface area contributed by atoms with Crippen molar-refractivity contribution in [1.82, 2.24) is 5.01 Å². The fourth-order valence-corrected chi connectivity index (χ4v) is 4.95. The van der Waals surface area contributed by atoms with E-state index >= 15 is 0 Å². The molecule has 0 bridgehead atoms. The largest absolute Gasteiger partial charge is 0.493 e. The molecule has 8 nitrogen and oxygen atoms in total. The lowest BCUT2D eigenvalue weighted by Crippen LogP contribution is -2.46. The van der Waals surface area contributed by atoms with Crippen molar-refractivity contribution in [3.8, 4) is 11.5 Å². The van der Waals surface area contributed by atoms with Gasteiger partial charge in [0.05, 0.1) is 37.8 Å². The summed E-state index contributed by atoms with van der Waals surface area (Å²) in [7, 11) is 3.01. The minimum atomic E-state index is -0.911. The monoisotopic (exact) mass is 445 g/mol. The quantitative estimate of drug-likeness (QED) is 0.519. The van der Waals surface area contributed by atoms with Gasteiger partial charge in [0.15, 0.2) is 17.3 Å².